The second kappa shape index (κ2) is 9.19. The molecule has 0 saturated heterocycles. The van der Waals surface area contributed by atoms with Gasteiger partial charge in [0.25, 0.3) is 5.56 Å². The summed E-state index contributed by atoms with van der Waals surface area (Å²) in [5.41, 5.74) is -0.000956. The molecular weight excluding hydrogens is 405 g/mol. The molecule has 3 aromatic rings. The second-order valence-corrected chi connectivity index (χ2v) is 7.14. The summed E-state index contributed by atoms with van der Waals surface area (Å²) in [6.45, 7) is 4.77. The molecule has 0 atom stereocenters. The molecule has 1 heterocycles. The number of pyridine rings is 1. The number of rotatable bonds is 6. The van der Waals surface area contributed by atoms with Gasteiger partial charge in [-0.15, -0.1) is 0 Å². The first-order valence-electron chi connectivity index (χ1n) is 9.72. The SMILES string of the molecule is CCOCc1ccc(Cn2c(-c3cccc(C)c3)cc(C(F)(F)F)c(C#N)c2=O)cc1. The summed E-state index contributed by atoms with van der Waals surface area (Å²) in [5.74, 6) is 0. The number of aryl methyl sites for hydroxylation is 1. The standard InChI is InChI=1S/C24H21F3N2O2/c1-3-31-15-18-9-7-17(8-10-18)14-29-22(19-6-4-5-16(2)11-19)12-21(24(25,26)27)20(13-28)23(29)30/h4-12H,3,14-15H2,1-2H3. The van der Waals surface area contributed by atoms with Crippen LogP contribution >= 0.6 is 0 Å². The van der Waals surface area contributed by atoms with Gasteiger partial charge in [-0.3, -0.25) is 4.79 Å². The van der Waals surface area contributed by atoms with Crippen LogP contribution in [0.4, 0.5) is 13.2 Å². The third-order valence-electron chi connectivity index (χ3n) is 4.87. The fourth-order valence-corrected chi connectivity index (χ4v) is 3.32. The highest BCUT2D eigenvalue weighted by Crippen LogP contribution is 2.34. The van der Waals surface area contributed by atoms with E-state index in [4.69, 9.17) is 4.74 Å². The van der Waals surface area contributed by atoms with Gasteiger partial charge in [-0.2, -0.15) is 18.4 Å². The van der Waals surface area contributed by atoms with Gasteiger partial charge in [-0.25, -0.2) is 0 Å². The molecule has 2 aromatic carbocycles. The summed E-state index contributed by atoms with van der Waals surface area (Å²) in [5, 5.41) is 9.30. The summed E-state index contributed by atoms with van der Waals surface area (Å²) in [6, 6.07) is 16.5. The van der Waals surface area contributed by atoms with Crippen LogP contribution in [0.25, 0.3) is 11.3 Å². The van der Waals surface area contributed by atoms with Crippen molar-refractivity contribution in [2.24, 2.45) is 0 Å². The van der Waals surface area contributed by atoms with E-state index in [0.29, 0.717) is 18.8 Å². The highest BCUT2D eigenvalue weighted by atomic mass is 19.4. The molecule has 0 N–H and O–H groups in total. The maximum atomic E-state index is 13.6. The average molecular weight is 426 g/mol. The molecule has 1 aromatic heterocycles. The largest absolute Gasteiger partial charge is 0.417 e. The number of hydrogen-bond acceptors (Lipinski definition) is 3. The number of nitrogens with zero attached hydrogens (tertiary/aromatic N) is 2. The minimum Gasteiger partial charge on any atom is -0.377 e. The van der Waals surface area contributed by atoms with E-state index < -0.39 is 22.9 Å². The molecule has 160 valence electrons. The lowest BCUT2D eigenvalue weighted by molar-refractivity contribution is -0.137. The van der Waals surface area contributed by atoms with Crippen molar-refractivity contribution in [2.75, 3.05) is 6.61 Å². The van der Waals surface area contributed by atoms with E-state index in [2.05, 4.69) is 0 Å². The van der Waals surface area contributed by atoms with Crippen LogP contribution in [0.15, 0.2) is 59.4 Å². The molecule has 31 heavy (non-hydrogen) atoms. The number of nitriles is 1. The third kappa shape index (κ3) is 5.04. The Balaban J connectivity index is 2.16. The Labute approximate surface area is 178 Å². The number of alkyl halides is 3. The molecule has 4 nitrogen and oxygen atoms in total. The van der Waals surface area contributed by atoms with Gasteiger partial charge in [0.1, 0.15) is 11.6 Å². The zero-order chi connectivity index (χ0) is 22.6. The summed E-state index contributed by atoms with van der Waals surface area (Å²) in [7, 11) is 0. The summed E-state index contributed by atoms with van der Waals surface area (Å²) < 4.78 is 47.3. The van der Waals surface area contributed by atoms with E-state index in [-0.39, 0.29) is 12.2 Å². The second-order valence-electron chi connectivity index (χ2n) is 7.14. The molecule has 0 aliphatic carbocycles. The summed E-state index contributed by atoms with van der Waals surface area (Å²) in [6.07, 6.45) is -4.82. The number of halogens is 3. The van der Waals surface area contributed by atoms with E-state index in [0.717, 1.165) is 22.8 Å². The highest BCUT2D eigenvalue weighted by Gasteiger charge is 2.36. The van der Waals surface area contributed by atoms with Gasteiger partial charge in [0.05, 0.1) is 24.4 Å². The molecule has 0 bridgehead atoms. The monoisotopic (exact) mass is 426 g/mol. The third-order valence-corrected chi connectivity index (χ3v) is 4.87. The van der Waals surface area contributed by atoms with Crippen LogP contribution < -0.4 is 5.56 Å². The lowest BCUT2D eigenvalue weighted by Gasteiger charge is -2.18. The topological polar surface area (TPSA) is 55.0 Å². The van der Waals surface area contributed by atoms with Crippen LogP contribution in [0.3, 0.4) is 0 Å². The first kappa shape index (κ1) is 22.3. The number of hydrogen-bond donors (Lipinski definition) is 0. The zero-order valence-corrected chi connectivity index (χ0v) is 17.2. The molecule has 3 rings (SSSR count). The van der Waals surface area contributed by atoms with E-state index in [9.17, 15) is 23.2 Å². The van der Waals surface area contributed by atoms with E-state index in [1.807, 2.05) is 32.0 Å². The molecular formula is C24H21F3N2O2. The Bertz CT molecular complexity index is 1170. The molecule has 0 unspecified atom stereocenters. The smallest absolute Gasteiger partial charge is 0.377 e. The van der Waals surface area contributed by atoms with E-state index in [1.54, 1.807) is 30.3 Å². The van der Waals surface area contributed by atoms with Crippen LogP contribution in [-0.2, 0) is 24.1 Å². The van der Waals surface area contributed by atoms with Crippen molar-refractivity contribution in [1.29, 1.82) is 5.26 Å². The molecule has 0 radical (unpaired) electrons. The highest BCUT2D eigenvalue weighted by molar-refractivity contribution is 5.63. The lowest BCUT2D eigenvalue weighted by atomic mass is 10.0. The lowest BCUT2D eigenvalue weighted by Crippen LogP contribution is -2.28. The predicted octanol–water partition coefficient (Wildman–Crippen LogP) is 5.30. The average Bonchev–Trinajstić information content (AvgIpc) is 2.73. The van der Waals surface area contributed by atoms with Gasteiger partial charge in [0.2, 0.25) is 0 Å². The van der Waals surface area contributed by atoms with Crippen molar-refractivity contribution in [3.05, 3.63) is 92.8 Å². The summed E-state index contributed by atoms with van der Waals surface area (Å²) >= 11 is 0. The Morgan fingerprint density at radius 3 is 2.32 bits per heavy atom. The first-order valence-corrected chi connectivity index (χ1v) is 9.72. The fraction of sp³-hybridized carbons (Fsp3) is 0.250. The Morgan fingerprint density at radius 2 is 1.74 bits per heavy atom. The minimum atomic E-state index is -4.82. The van der Waals surface area contributed by atoms with Crippen molar-refractivity contribution >= 4 is 0 Å². The van der Waals surface area contributed by atoms with Gasteiger partial charge in [0, 0.05) is 6.61 Å². The molecule has 0 amide bonds. The predicted molar refractivity (Wildman–Crippen MR) is 111 cm³/mol. The zero-order valence-electron chi connectivity index (χ0n) is 17.2. The molecule has 7 heteroatoms. The van der Waals surface area contributed by atoms with Crippen LogP contribution in [0.5, 0.6) is 0 Å². The Kier molecular flexibility index (Phi) is 6.62. The van der Waals surface area contributed by atoms with Crippen LogP contribution in [0, 0.1) is 18.3 Å². The number of benzene rings is 2. The molecule has 0 fully saturated rings. The normalized spacial score (nSPS) is 11.4. The Morgan fingerprint density at radius 1 is 1.06 bits per heavy atom. The number of aromatic nitrogens is 1. The quantitative estimate of drug-likeness (QED) is 0.538. The van der Waals surface area contributed by atoms with Gasteiger partial charge in [-0.1, -0.05) is 48.0 Å². The van der Waals surface area contributed by atoms with Crippen molar-refractivity contribution < 1.29 is 17.9 Å². The van der Waals surface area contributed by atoms with Crippen LogP contribution in [0.2, 0.25) is 0 Å². The summed E-state index contributed by atoms with van der Waals surface area (Å²) in [4.78, 5) is 13.0. The Hall–Kier alpha value is -3.37. The maximum Gasteiger partial charge on any atom is 0.417 e. The minimum absolute atomic E-state index is 0.0316. The van der Waals surface area contributed by atoms with E-state index >= 15 is 0 Å². The van der Waals surface area contributed by atoms with Crippen molar-refractivity contribution in [3.8, 4) is 17.3 Å². The van der Waals surface area contributed by atoms with E-state index in [1.165, 1.54) is 10.6 Å². The van der Waals surface area contributed by atoms with Crippen molar-refractivity contribution in [2.45, 2.75) is 33.2 Å². The first-order chi connectivity index (χ1) is 14.7. The molecule has 0 saturated carbocycles. The number of ether oxygens (including phenoxy) is 1. The van der Waals surface area contributed by atoms with Gasteiger partial charge in [0.15, 0.2) is 0 Å². The molecule has 0 aliphatic heterocycles. The van der Waals surface area contributed by atoms with Crippen LogP contribution in [0.1, 0.15) is 34.7 Å². The van der Waals surface area contributed by atoms with Gasteiger partial charge >= 0.3 is 6.18 Å². The van der Waals surface area contributed by atoms with Gasteiger partial charge < -0.3 is 9.30 Å². The van der Waals surface area contributed by atoms with Gasteiger partial charge in [-0.05, 0) is 42.7 Å². The maximum absolute atomic E-state index is 13.6. The van der Waals surface area contributed by atoms with Crippen molar-refractivity contribution in [3.63, 3.8) is 0 Å². The van der Waals surface area contributed by atoms with Crippen molar-refractivity contribution in [1.82, 2.24) is 4.57 Å². The van der Waals surface area contributed by atoms with Crippen LogP contribution in [-0.4, -0.2) is 11.2 Å². The molecule has 0 aliphatic rings. The molecule has 0 spiro atoms. The fourth-order valence-electron chi connectivity index (χ4n) is 3.32.